The largest absolute Gasteiger partial charge is 0.356 e. The van der Waals surface area contributed by atoms with E-state index in [9.17, 15) is 4.79 Å². The molecule has 2 aromatic carbocycles. The van der Waals surface area contributed by atoms with Gasteiger partial charge in [-0.2, -0.15) is 0 Å². The van der Waals surface area contributed by atoms with Crippen molar-refractivity contribution in [3.63, 3.8) is 0 Å². The van der Waals surface area contributed by atoms with E-state index in [1.54, 1.807) is 0 Å². The highest BCUT2D eigenvalue weighted by molar-refractivity contribution is 5.85. The minimum atomic E-state index is 0. The third-order valence-electron chi connectivity index (χ3n) is 5.36. The van der Waals surface area contributed by atoms with Gasteiger partial charge in [0.25, 0.3) is 0 Å². The molecule has 0 fully saturated rings. The van der Waals surface area contributed by atoms with Gasteiger partial charge in [-0.25, -0.2) is 0 Å². The Balaban J connectivity index is 0.00000169. The summed E-state index contributed by atoms with van der Waals surface area (Å²) >= 11 is 0. The maximum atomic E-state index is 11.8. The molecule has 0 spiro atoms. The molecule has 3 N–H and O–H groups in total. The van der Waals surface area contributed by atoms with Crippen molar-refractivity contribution in [3.8, 4) is 0 Å². The molecule has 2 bridgehead atoms. The summed E-state index contributed by atoms with van der Waals surface area (Å²) in [5.74, 6) is 1.39. The van der Waals surface area contributed by atoms with Crippen LogP contribution in [-0.4, -0.2) is 19.0 Å². The van der Waals surface area contributed by atoms with E-state index in [2.05, 4.69) is 53.8 Å². The fourth-order valence-corrected chi connectivity index (χ4v) is 4.42. The van der Waals surface area contributed by atoms with Crippen LogP contribution < -0.4 is 11.1 Å². The maximum Gasteiger partial charge on any atom is 0.221 e. The highest BCUT2D eigenvalue weighted by Gasteiger charge is 2.42. The van der Waals surface area contributed by atoms with E-state index in [1.165, 1.54) is 22.3 Å². The summed E-state index contributed by atoms with van der Waals surface area (Å²) < 4.78 is 0. The zero-order valence-electron chi connectivity index (χ0n) is 13.6. The number of amides is 1. The van der Waals surface area contributed by atoms with Crippen molar-refractivity contribution in [2.75, 3.05) is 13.1 Å². The molecular weight excluding hydrogens is 320 g/mol. The van der Waals surface area contributed by atoms with Crippen molar-refractivity contribution in [1.82, 2.24) is 5.32 Å². The van der Waals surface area contributed by atoms with Gasteiger partial charge >= 0.3 is 0 Å². The highest BCUT2D eigenvalue weighted by Crippen LogP contribution is 2.54. The highest BCUT2D eigenvalue weighted by atomic mass is 35.5. The summed E-state index contributed by atoms with van der Waals surface area (Å²) in [7, 11) is 0. The van der Waals surface area contributed by atoms with Crippen LogP contribution in [0.15, 0.2) is 48.5 Å². The number of nitrogens with one attached hydrogen (secondary N) is 1. The summed E-state index contributed by atoms with van der Waals surface area (Å²) in [5.41, 5.74) is 11.3. The second-order valence-corrected chi connectivity index (χ2v) is 6.63. The summed E-state index contributed by atoms with van der Waals surface area (Å²) in [6.07, 6.45) is 1.52. The number of carbonyl (C=O) groups is 1. The van der Waals surface area contributed by atoms with Gasteiger partial charge in [-0.15, -0.1) is 12.4 Å². The molecule has 2 aromatic rings. The molecule has 3 aliphatic carbocycles. The van der Waals surface area contributed by atoms with Crippen LogP contribution in [0.4, 0.5) is 0 Å². The average molecular weight is 343 g/mol. The number of rotatable bonds is 4. The summed E-state index contributed by atoms with van der Waals surface area (Å²) in [4.78, 5) is 11.8. The van der Waals surface area contributed by atoms with Crippen molar-refractivity contribution in [3.05, 3.63) is 70.8 Å². The molecule has 5 rings (SSSR count). The van der Waals surface area contributed by atoms with Gasteiger partial charge < -0.3 is 11.1 Å². The van der Waals surface area contributed by atoms with E-state index >= 15 is 0 Å². The van der Waals surface area contributed by atoms with Crippen molar-refractivity contribution >= 4 is 18.3 Å². The average Bonchev–Trinajstić information content (AvgIpc) is 2.60. The standard InChI is InChI=1S/C20H22N2O.ClH/c21-10-9-19(23)22-12-13-11-18-14-5-1-3-7-16(14)20(13)17-8-4-2-6-15(17)18;/h1-8,13,18,20H,9-12,21H2,(H,22,23);1H. The molecule has 3 aliphatic rings. The Bertz CT molecular complexity index is 698. The number of nitrogens with two attached hydrogens (primary N) is 1. The molecular formula is C20H23ClN2O. The van der Waals surface area contributed by atoms with Crippen molar-refractivity contribution in [2.24, 2.45) is 11.7 Å². The lowest BCUT2D eigenvalue weighted by Gasteiger charge is -2.45. The van der Waals surface area contributed by atoms with Gasteiger partial charge in [-0.1, -0.05) is 48.5 Å². The van der Waals surface area contributed by atoms with Crippen molar-refractivity contribution < 1.29 is 4.79 Å². The Hall–Kier alpha value is -1.84. The lowest BCUT2D eigenvalue weighted by atomic mass is 9.59. The van der Waals surface area contributed by atoms with Crippen LogP contribution in [0.5, 0.6) is 0 Å². The molecule has 126 valence electrons. The van der Waals surface area contributed by atoms with Crippen LogP contribution in [0.1, 0.15) is 46.9 Å². The molecule has 1 unspecified atom stereocenters. The second kappa shape index (κ2) is 6.96. The summed E-state index contributed by atoms with van der Waals surface area (Å²) in [6, 6.07) is 17.6. The smallest absolute Gasteiger partial charge is 0.221 e. The molecule has 1 amide bonds. The van der Waals surface area contributed by atoms with Crippen molar-refractivity contribution in [1.29, 1.82) is 0 Å². The predicted molar refractivity (Wildman–Crippen MR) is 98.6 cm³/mol. The maximum absolute atomic E-state index is 11.8. The molecule has 0 saturated carbocycles. The molecule has 0 aliphatic heterocycles. The van der Waals surface area contributed by atoms with Gasteiger partial charge in [0, 0.05) is 31.3 Å². The topological polar surface area (TPSA) is 55.1 Å². The minimum Gasteiger partial charge on any atom is -0.356 e. The lowest BCUT2D eigenvalue weighted by molar-refractivity contribution is -0.121. The minimum absolute atomic E-state index is 0. The molecule has 4 heteroatoms. The third kappa shape index (κ3) is 2.72. The van der Waals surface area contributed by atoms with E-state index in [1.807, 2.05) is 0 Å². The van der Waals surface area contributed by atoms with Crippen LogP contribution in [0.2, 0.25) is 0 Å². The van der Waals surface area contributed by atoms with Gasteiger partial charge in [0.15, 0.2) is 0 Å². The van der Waals surface area contributed by atoms with Crippen LogP contribution in [0.3, 0.4) is 0 Å². The van der Waals surface area contributed by atoms with E-state index in [0.717, 1.165) is 13.0 Å². The first-order valence-corrected chi connectivity index (χ1v) is 8.44. The Morgan fingerprint density at radius 1 is 1.00 bits per heavy atom. The SMILES string of the molecule is Cl.NCCC(=O)NCC1CC2c3ccccc3C1c1ccccc12. The van der Waals surface area contributed by atoms with Gasteiger partial charge in [-0.3, -0.25) is 4.79 Å². The second-order valence-electron chi connectivity index (χ2n) is 6.63. The van der Waals surface area contributed by atoms with E-state index in [-0.39, 0.29) is 18.3 Å². The monoisotopic (exact) mass is 342 g/mol. The number of benzene rings is 2. The van der Waals surface area contributed by atoms with Gasteiger partial charge in [-0.05, 0) is 34.6 Å². The van der Waals surface area contributed by atoms with E-state index in [0.29, 0.717) is 30.7 Å². The fourth-order valence-electron chi connectivity index (χ4n) is 4.42. The molecule has 0 saturated heterocycles. The number of hydrogen-bond acceptors (Lipinski definition) is 2. The fraction of sp³-hybridized carbons (Fsp3) is 0.350. The first-order valence-electron chi connectivity index (χ1n) is 8.44. The molecule has 0 radical (unpaired) electrons. The molecule has 3 nitrogen and oxygen atoms in total. The zero-order chi connectivity index (χ0) is 15.8. The molecule has 0 heterocycles. The number of hydrogen-bond donors (Lipinski definition) is 2. The van der Waals surface area contributed by atoms with E-state index in [4.69, 9.17) is 5.73 Å². The summed E-state index contributed by atoms with van der Waals surface area (Å²) in [5, 5.41) is 3.08. The Morgan fingerprint density at radius 3 is 2.08 bits per heavy atom. The van der Waals surface area contributed by atoms with Crippen LogP contribution in [0, 0.1) is 5.92 Å². The summed E-state index contributed by atoms with van der Waals surface area (Å²) in [6.45, 7) is 1.15. The normalized spacial score (nSPS) is 23.0. The number of fused-ring (bicyclic) bond motifs is 1. The third-order valence-corrected chi connectivity index (χ3v) is 5.36. The zero-order valence-corrected chi connectivity index (χ0v) is 14.4. The first kappa shape index (κ1) is 17.0. The lowest BCUT2D eigenvalue weighted by Crippen LogP contribution is -2.39. The molecule has 24 heavy (non-hydrogen) atoms. The number of carbonyl (C=O) groups excluding carboxylic acids is 1. The Morgan fingerprint density at radius 2 is 1.54 bits per heavy atom. The Labute approximate surface area is 149 Å². The van der Waals surface area contributed by atoms with E-state index < -0.39 is 0 Å². The Kier molecular flexibility index (Phi) is 4.93. The van der Waals surface area contributed by atoms with Gasteiger partial charge in [0.2, 0.25) is 5.91 Å². The van der Waals surface area contributed by atoms with Gasteiger partial charge in [0.05, 0.1) is 0 Å². The van der Waals surface area contributed by atoms with Crippen LogP contribution in [-0.2, 0) is 4.79 Å². The predicted octanol–water partition coefficient (Wildman–Crippen LogP) is 3.17. The van der Waals surface area contributed by atoms with Crippen LogP contribution >= 0.6 is 12.4 Å². The molecule has 0 aromatic heterocycles. The van der Waals surface area contributed by atoms with Crippen LogP contribution in [0.25, 0.3) is 0 Å². The van der Waals surface area contributed by atoms with Crippen molar-refractivity contribution in [2.45, 2.75) is 24.7 Å². The van der Waals surface area contributed by atoms with Gasteiger partial charge in [0.1, 0.15) is 0 Å². The number of halogens is 1. The molecule has 1 atom stereocenters. The first-order chi connectivity index (χ1) is 11.3. The quantitative estimate of drug-likeness (QED) is 0.896.